The minimum absolute atomic E-state index is 0.242. The normalized spacial score (nSPS) is 13.6. The fraction of sp³-hybridized carbons (Fsp3) is 0.357. The van der Waals surface area contributed by atoms with Crippen molar-refractivity contribution in [3.63, 3.8) is 0 Å². The molecular weight excluding hydrogens is 373 g/mol. The van der Waals surface area contributed by atoms with Gasteiger partial charge >= 0.3 is 5.97 Å². The number of amides is 1. The van der Waals surface area contributed by atoms with Gasteiger partial charge in [0.25, 0.3) is 11.7 Å². The third kappa shape index (κ3) is 3.00. The quantitative estimate of drug-likeness (QED) is 0.442. The van der Waals surface area contributed by atoms with E-state index in [4.69, 9.17) is 4.74 Å². The summed E-state index contributed by atoms with van der Waals surface area (Å²) in [7, 11) is 0. The van der Waals surface area contributed by atoms with Gasteiger partial charge in [0, 0.05) is 16.5 Å². The summed E-state index contributed by atoms with van der Waals surface area (Å²) in [4.78, 5) is 36.5. The first-order chi connectivity index (χ1) is 9.54. The number of halogens is 1. The highest BCUT2D eigenvalue weighted by Crippen LogP contribution is 2.30. The van der Waals surface area contributed by atoms with Crippen molar-refractivity contribution in [3.8, 4) is 0 Å². The van der Waals surface area contributed by atoms with Gasteiger partial charge in [0.1, 0.15) is 0 Å². The van der Waals surface area contributed by atoms with Crippen LogP contribution in [0.25, 0.3) is 0 Å². The lowest BCUT2D eigenvalue weighted by molar-refractivity contribution is -0.143. The number of ketones is 1. The van der Waals surface area contributed by atoms with E-state index >= 15 is 0 Å². The Labute approximate surface area is 130 Å². The number of anilines is 1. The SMILES string of the molecule is CCOC(=O)CCCN1C(=O)C(=O)c2cc(I)ccc21. The number of esters is 1. The third-order valence-electron chi connectivity index (χ3n) is 3.00. The zero-order chi connectivity index (χ0) is 14.7. The second kappa shape index (κ2) is 6.34. The minimum atomic E-state index is -0.522. The van der Waals surface area contributed by atoms with Crippen LogP contribution in [0.5, 0.6) is 0 Å². The van der Waals surface area contributed by atoms with Gasteiger partial charge in [-0.05, 0) is 54.1 Å². The lowest BCUT2D eigenvalue weighted by Gasteiger charge is -2.16. The lowest BCUT2D eigenvalue weighted by atomic mass is 10.1. The zero-order valence-electron chi connectivity index (χ0n) is 11.0. The molecule has 1 aromatic rings. The smallest absolute Gasteiger partial charge is 0.305 e. The number of ether oxygens (including phenoxy) is 1. The van der Waals surface area contributed by atoms with Crippen LogP contribution in [0.15, 0.2) is 18.2 Å². The molecule has 0 fully saturated rings. The van der Waals surface area contributed by atoms with Gasteiger partial charge in [-0.2, -0.15) is 0 Å². The van der Waals surface area contributed by atoms with Crippen molar-refractivity contribution < 1.29 is 19.1 Å². The first-order valence-corrected chi connectivity index (χ1v) is 7.44. The van der Waals surface area contributed by atoms with Gasteiger partial charge in [0.15, 0.2) is 0 Å². The monoisotopic (exact) mass is 387 g/mol. The summed E-state index contributed by atoms with van der Waals surface area (Å²) in [5, 5.41) is 0. The van der Waals surface area contributed by atoms with Gasteiger partial charge in [-0.15, -0.1) is 0 Å². The van der Waals surface area contributed by atoms with Crippen molar-refractivity contribution in [1.82, 2.24) is 0 Å². The van der Waals surface area contributed by atoms with Gasteiger partial charge in [-0.1, -0.05) is 0 Å². The summed E-state index contributed by atoms with van der Waals surface area (Å²) in [5.41, 5.74) is 1.07. The topological polar surface area (TPSA) is 63.7 Å². The number of benzene rings is 1. The highest BCUT2D eigenvalue weighted by molar-refractivity contribution is 14.1. The van der Waals surface area contributed by atoms with Gasteiger partial charge in [-0.3, -0.25) is 14.4 Å². The van der Waals surface area contributed by atoms with Crippen LogP contribution in [0, 0.1) is 3.57 Å². The average Bonchev–Trinajstić information content (AvgIpc) is 2.64. The van der Waals surface area contributed by atoms with E-state index in [9.17, 15) is 14.4 Å². The van der Waals surface area contributed by atoms with E-state index in [0.717, 1.165) is 3.57 Å². The van der Waals surface area contributed by atoms with Crippen molar-refractivity contribution in [2.45, 2.75) is 19.8 Å². The highest BCUT2D eigenvalue weighted by Gasteiger charge is 2.35. The van der Waals surface area contributed by atoms with Crippen molar-refractivity contribution in [1.29, 1.82) is 0 Å². The van der Waals surface area contributed by atoms with Crippen LogP contribution >= 0.6 is 22.6 Å². The molecule has 0 saturated carbocycles. The maximum atomic E-state index is 11.9. The summed E-state index contributed by atoms with van der Waals surface area (Å²) in [6, 6.07) is 5.33. The van der Waals surface area contributed by atoms with Crippen molar-refractivity contribution in [2.24, 2.45) is 0 Å². The van der Waals surface area contributed by atoms with E-state index in [1.54, 1.807) is 19.1 Å². The Morgan fingerprint density at radius 1 is 1.35 bits per heavy atom. The van der Waals surface area contributed by atoms with Crippen LogP contribution in [0.4, 0.5) is 5.69 Å². The molecule has 5 nitrogen and oxygen atoms in total. The molecule has 1 aliphatic heterocycles. The molecule has 1 aromatic carbocycles. The summed E-state index contributed by atoms with van der Waals surface area (Å²) in [5.74, 6) is -1.28. The largest absolute Gasteiger partial charge is 0.466 e. The van der Waals surface area contributed by atoms with Gasteiger partial charge in [0.05, 0.1) is 17.9 Å². The van der Waals surface area contributed by atoms with Crippen LogP contribution in [0.3, 0.4) is 0 Å². The van der Waals surface area contributed by atoms with Crippen LogP contribution in [-0.2, 0) is 14.3 Å². The molecule has 0 spiro atoms. The molecule has 20 heavy (non-hydrogen) atoms. The molecule has 0 N–H and O–H groups in total. The predicted molar refractivity (Wildman–Crippen MR) is 81.7 cm³/mol. The number of Topliss-reactive ketones (excluding diaryl/α,β-unsaturated/α-hetero) is 1. The van der Waals surface area contributed by atoms with Crippen LogP contribution in [0.2, 0.25) is 0 Å². The molecule has 1 aliphatic rings. The maximum Gasteiger partial charge on any atom is 0.305 e. The maximum absolute atomic E-state index is 11.9. The number of hydrogen-bond acceptors (Lipinski definition) is 4. The summed E-state index contributed by atoms with van der Waals surface area (Å²) < 4.78 is 5.74. The number of rotatable bonds is 5. The third-order valence-corrected chi connectivity index (χ3v) is 3.67. The Bertz CT molecular complexity index is 570. The molecule has 0 aromatic heterocycles. The summed E-state index contributed by atoms with van der Waals surface area (Å²) in [6.07, 6.45) is 0.717. The van der Waals surface area contributed by atoms with Gasteiger partial charge in [-0.25, -0.2) is 0 Å². The number of nitrogens with zero attached hydrogens (tertiary/aromatic N) is 1. The molecule has 0 bridgehead atoms. The number of carbonyl (C=O) groups is 3. The molecule has 0 atom stereocenters. The van der Waals surface area contributed by atoms with Crippen LogP contribution in [0.1, 0.15) is 30.1 Å². The Morgan fingerprint density at radius 2 is 2.10 bits per heavy atom. The van der Waals surface area contributed by atoms with E-state index < -0.39 is 11.7 Å². The first-order valence-electron chi connectivity index (χ1n) is 6.36. The molecule has 0 saturated heterocycles. The van der Waals surface area contributed by atoms with E-state index in [1.165, 1.54) is 4.90 Å². The molecular formula is C14H14INO4. The molecule has 1 heterocycles. The van der Waals surface area contributed by atoms with Crippen LogP contribution < -0.4 is 4.90 Å². The molecule has 0 radical (unpaired) electrons. The minimum Gasteiger partial charge on any atom is -0.466 e. The molecule has 106 valence electrons. The molecule has 0 aliphatic carbocycles. The predicted octanol–water partition coefficient (Wildman–Crippen LogP) is 2.16. The summed E-state index contributed by atoms with van der Waals surface area (Å²) in [6.45, 7) is 2.44. The second-order valence-corrected chi connectivity index (χ2v) is 5.60. The Hall–Kier alpha value is -1.44. The Morgan fingerprint density at radius 3 is 2.80 bits per heavy atom. The molecule has 2 rings (SSSR count). The van der Waals surface area contributed by atoms with E-state index in [0.29, 0.717) is 30.8 Å². The second-order valence-electron chi connectivity index (χ2n) is 4.36. The molecule has 1 amide bonds. The van der Waals surface area contributed by atoms with Crippen molar-refractivity contribution in [2.75, 3.05) is 18.1 Å². The fourth-order valence-electron chi connectivity index (χ4n) is 2.11. The standard InChI is InChI=1S/C14H14INO4/c1-2-20-12(17)4-3-7-16-11-6-5-9(15)8-10(11)13(18)14(16)19/h5-6,8H,2-4,7H2,1H3. The number of hydrogen-bond donors (Lipinski definition) is 0. The summed E-state index contributed by atoms with van der Waals surface area (Å²) >= 11 is 2.10. The number of fused-ring (bicyclic) bond motifs is 1. The Balaban J connectivity index is 2.05. The highest BCUT2D eigenvalue weighted by atomic mass is 127. The number of carbonyl (C=O) groups excluding carboxylic acids is 3. The van der Waals surface area contributed by atoms with Crippen LogP contribution in [-0.4, -0.2) is 30.8 Å². The average molecular weight is 387 g/mol. The van der Waals surface area contributed by atoms with E-state index in [2.05, 4.69) is 22.6 Å². The van der Waals surface area contributed by atoms with Crippen molar-refractivity contribution >= 4 is 45.9 Å². The molecule has 0 unspecified atom stereocenters. The van der Waals surface area contributed by atoms with Gasteiger partial charge in [0.2, 0.25) is 0 Å². The lowest BCUT2D eigenvalue weighted by Crippen LogP contribution is -2.31. The van der Waals surface area contributed by atoms with Crippen molar-refractivity contribution in [3.05, 3.63) is 27.3 Å². The van der Waals surface area contributed by atoms with E-state index in [-0.39, 0.29) is 12.4 Å². The fourth-order valence-corrected chi connectivity index (χ4v) is 2.60. The Kier molecular flexibility index (Phi) is 4.74. The molecule has 6 heteroatoms. The van der Waals surface area contributed by atoms with Gasteiger partial charge < -0.3 is 9.64 Å². The van der Waals surface area contributed by atoms with E-state index in [1.807, 2.05) is 6.07 Å². The zero-order valence-corrected chi connectivity index (χ0v) is 13.2. The first kappa shape index (κ1) is 15.0.